The number of H-pyrrole nitrogens is 1. The molecule has 0 amide bonds. The van der Waals surface area contributed by atoms with E-state index in [4.69, 9.17) is 4.42 Å². The highest BCUT2D eigenvalue weighted by molar-refractivity contribution is 5.24. The molecule has 2 heterocycles. The van der Waals surface area contributed by atoms with E-state index in [2.05, 4.69) is 28.5 Å². The lowest BCUT2D eigenvalue weighted by molar-refractivity contribution is 0.383. The van der Waals surface area contributed by atoms with Crippen molar-refractivity contribution in [1.29, 1.82) is 0 Å². The standard InChI is InChI=1S/C13H17N3O/c1-9(11-5-7-14-16-11)15-12-3-2-4-13-10(12)6-8-17-13/h5-9,12,15H,2-4H2,1H3,(H,14,16). The highest BCUT2D eigenvalue weighted by atomic mass is 16.3. The molecule has 4 nitrogen and oxygen atoms in total. The largest absolute Gasteiger partial charge is 0.469 e. The molecule has 2 aromatic heterocycles. The summed E-state index contributed by atoms with van der Waals surface area (Å²) in [5.41, 5.74) is 2.45. The summed E-state index contributed by atoms with van der Waals surface area (Å²) in [6, 6.07) is 4.78. The molecule has 0 fully saturated rings. The van der Waals surface area contributed by atoms with Crippen LogP contribution in [0.5, 0.6) is 0 Å². The Morgan fingerprint density at radius 1 is 1.53 bits per heavy atom. The molecule has 3 rings (SSSR count). The molecule has 90 valence electrons. The Kier molecular flexibility index (Phi) is 2.73. The Morgan fingerprint density at radius 3 is 3.29 bits per heavy atom. The maximum Gasteiger partial charge on any atom is 0.108 e. The van der Waals surface area contributed by atoms with Crippen LogP contribution in [0.25, 0.3) is 0 Å². The zero-order valence-electron chi connectivity index (χ0n) is 9.94. The lowest BCUT2D eigenvalue weighted by Crippen LogP contribution is -2.27. The fraction of sp³-hybridized carbons (Fsp3) is 0.462. The van der Waals surface area contributed by atoms with Crippen LogP contribution in [0.1, 0.15) is 48.9 Å². The third-order valence-corrected chi connectivity index (χ3v) is 3.49. The lowest BCUT2D eigenvalue weighted by atomic mass is 9.93. The zero-order chi connectivity index (χ0) is 11.7. The van der Waals surface area contributed by atoms with Gasteiger partial charge in [0.05, 0.1) is 12.0 Å². The van der Waals surface area contributed by atoms with Crippen LogP contribution in [-0.2, 0) is 6.42 Å². The normalized spacial score (nSPS) is 21.1. The zero-order valence-corrected chi connectivity index (χ0v) is 9.94. The van der Waals surface area contributed by atoms with Gasteiger partial charge in [0.1, 0.15) is 5.76 Å². The number of furan rings is 1. The van der Waals surface area contributed by atoms with Crippen molar-refractivity contribution in [2.24, 2.45) is 0 Å². The average Bonchev–Trinajstić information content (AvgIpc) is 3.00. The summed E-state index contributed by atoms with van der Waals surface area (Å²) in [7, 11) is 0. The number of fused-ring (bicyclic) bond motifs is 1. The molecule has 0 radical (unpaired) electrons. The van der Waals surface area contributed by atoms with Gasteiger partial charge in [-0.1, -0.05) is 0 Å². The highest BCUT2D eigenvalue weighted by Crippen LogP contribution is 2.32. The third-order valence-electron chi connectivity index (χ3n) is 3.49. The number of aromatic amines is 1. The molecule has 0 aromatic carbocycles. The van der Waals surface area contributed by atoms with Gasteiger partial charge in [-0.05, 0) is 31.9 Å². The van der Waals surface area contributed by atoms with Gasteiger partial charge < -0.3 is 9.73 Å². The summed E-state index contributed by atoms with van der Waals surface area (Å²) < 4.78 is 5.50. The highest BCUT2D eigenvalue weighted by Gasteiger charge is 2.24. The number of rotatable bonds is 3. The number of nitrogens with zero attached hydrogens (tertiary/aromatic N) is 1. The van der Waals surface area contributed by atoms with E-state index in [1.807, 2.05) is 6.07 Å². The monoisotopic (exact) mass is 231 g/mol. The van der Waals surface area contributed by atoms with Gasteiger partial charge in [0.2, 0.25) is 0 Å². The molecule has 1 aliphatic rings. The van der Waals surface area contributed by atoms with Crippen LogP contribution in [0.15, 0.2) is 29.0 Å². The molecule has 0 saturated heterocycles. The predicted molar refractivity (Wildman–Crippen MR) is 64.5 cm³/mol. The Morgan fingerprint density at radius 2 is 2.47 bits per heavy atom. The number of aromatic nitrogens is 2. The van der Waals surface area contributed by atoms with Crippen molar-refractivity contribution in [2.75, 3.05) is 0 Å². The van der Waals surface area contributed by atoms with Crippen molar-refractivity contribution in [2.45, 2.75) is 38.3 Å². The number of hydrogen-bond donors (Lipinski definition) is 2. The molecular formula is C13H17N3O. The molecule has 17 heavy (non-hydrogen) atoms. The van der Waals surface area contributed by atoms with E-state index >= 15 is 0 Å². The summed E-state index contributed by atoms with van der Waals surface area (Å²) in [6.07, 6.45) is 7.01. The molecular weight excluding hydrogens is 214 g/mol. The molecule has 0 saturated carbocycles. The quantitative estimate of drug-likeness (QED) is 0.854. The Bertz CT molecular complexity index is 475. The van der Waals surface area contributed by atoms with Gasteiger partial charge in [-0.25, -0.2) is 0 Å². The summed E-state index contributed by atoms with van der Waals surface area (Å²) in [5.74, 6) is 1.14. The minimum absolute atomic E-state index is 0.281. The van der Waals surface area contributed by atoms with Crippen LogP contribution in [-0.4, -0.2) is 10.2 Å². The van der Waals surface area contributed by atoms with E-state index in [0.717, 1.165) is 17.9 Å². The summed E-state index contributed by atoms with van der Waals surface area (Å²) in [4.78, 5) is 0. The van der Waals surface area contributed by atoms with E-state index in [0.29, 0.717) is 6.04 Å². The molecule has 2 aromatic rings. The second-order valence-corrected chi connectivity index (χ2v) is 4.64. The van der Waals surface area contributed by atoms with Crippen LogP contribution in [0.3, 0.4) is 0 Å². The minimum atomic E-state index is 0.281. The van der Waals surface area contributed by atoms with Crippen molar-refractivity contribution in [1.82, 2.24) is 15.5 Å². The second-order valence-electron chi connectivity index (χ2n) is 4.64. The van der Waals surface area contributed by atoms with Gasteiger partial charge >= 0.3 is 0 Å². The Labute approximate surface area is 100 Å². The van der Waals surface area contributed by atoms with Crippen LogP contribution in [0, 0.1) is 0 Å². The smallest absolute Gasteiger partial charge is 0.108 e. The molecule has 0 spiro atoms. The van der Waals surface area contributed by atoms with E-state index in [9.17, 15) is 0 Å². The van der Waals surface area contributed by atoms with Crippen LogP contribution >= 0.6 is 0 Å². The molecule has 0 bridgehead atoms. The fourth-order valence-electron chi connectivity index (χ4n) is 2.56. The van der Waals surface area contributed by atoms with Crippen LogP contribution in [0.2, 0.25) is 0 Å². The molecule has 2 unspecified atom stereocenters. The number of nitrogens with one attached hydrogen (secondary N) is 2. The Balaban J connectivity index is 1.75. The minimum Gasteiger partial charge on any atom is -0.469 e. The van der Waals surface area contributed by atoms with Gasteiger partial charge in [0.15, 0.2) is 0 Å². The molecule has 4 heteroatoms. The van der Waals surface area contributed by atoms with Gasteiger partial charge in [-0.15, -0.1) is 0 Å². The third kappa shape index (κ3) is 2.00. The summed E-state index contributed by atoms with van der Waals surface area (Å²) in [6.45, 7) is 2.15. The van der Waals surface area contributed by atoms with E-state index in [1.54, 1.807) is 12.5 Å². The second kappa shape index (κ2) is 4.37. The topological polar surface area (TPSA) is 53.9 Å². The van der Waals surface area contributed by atoms with E-state index < -0.39 is 0 Å². The molecule has 0 aliphatic heterocycles. The average molecular weight is 231 g/mol. The van der Waals surface area contributed by atoms with Crippen molar-refractivity contribution in [3.8, 4) is 0 Å². The maximum absolute atomic E-state index is 5.50. The van der Waals surface area contributed by atoms with Gasteiger partial charge in [0.25, 0.3) is 0 Å². The van der Waals surface area contributed by atoms with Crippen molar-refractivity contribution >= 4 is 0 Å². The summed E-state index contributed by atoms with van der Waals surface area (Å²) >= 11 is 0. The Hall–Kier alpha value is -1.55. The fourth-order valence-corrected chi connectivity index (χ4v) is 2.56. The first kappa shape index (κ1) is 10.6. The molecule has 1 aliphatic carbocycles. The lowest BCUT2D eigenvalue weighted by Gasteiger charge is -2.25. The van der Waals surface area contributed by atoms with E-state index in [1.165, 1.54) is 18.4 Å². The SMILES string of the molecule is CC(NC1CCCc2occc21)c1ccn[nH]1. The maximum atomic E-state index is 5.50. The summed E-state index contributed by atoms with van der Waals surface area (Å²) in [5, 5.41) is 10.6. The van der Waals surface area contributed by atoms with Crippen LogP contribution < -0.4 is 5.32 Å². The van der Waals surface area contributed by atoms with Crippen LogP contribution in [0.4, 0.5) is 0 Å². The number of aryl methyl sites for hydroxylation is 1. The first-order valence-corrected chi connectivity index (χ1v) is 6.16. The molecule has 2 atom stereocenters. The van der Waals surface area contributed by atoms with E-state index in [-0.39, 0.29) is 6.04 Å². The van der Waals surface area contributed by atoms with Crippen molar-refractivity contribution < 1.29 is 4.42 Å². The first-order valence-electron chi connectivity index (χ1n) is 6.16. The van der Waals surface area contributed by atoms with Crippen molar-refractivity contribution in [3.63, 3.8) is 0 Å². The van der Waals surface area contributed by atoms with Crippen molar-refractivity contribution in [3.05, 3.63) is 41.6 Å². The number of hydrogen-bond acceptors (Lipinski definition) is 3. The predicted octanol–water partition coefficient (Wildman–Crippen LogP) is 2.73. The van der Waals surface area contributed by atoms with Gasteiger partial charge in [0, 0.05) is 30.3 Å². The molecule has 2 N–H and O–H groups in total. The van der Waals surface area contributed by atoms with Gasteiger partial charge in [-0.2, -0.15) is 5.10 Å². The first-order chi connectivity index (χ1) is 8.34. The van der Waals surface area contributed by atoms with Gasteiger partial charge in [-0.3, -0.25) is 5.10 Å².